The van der Waals surface area contributed by atoms with E-state index in [1.54, 1.807) is 6.92 Å². The number of amides is 1. The topological polar surface area (TPSA) is 68.5 Å². The van der Waals surface area contributed by atoms with Crippen LogP contribution < -0.4 is 0 Å². The number of rotatable bonds is 7. The highest BCUT2D eigenvalue weighted by Crippen LogP contribution is 2.29. The van der Waals surface area contributed by atoms with Gasteiger partial charge >= 0.3 is 0 Å². The third-order valence-corrected chi connectivity index (χ3v) is 4.14. The van der Waals surface area contributed by atoms with Crippen LogP contribution in [0.4, 0.5) is 0 Å². The Morgan fingerprint density at radius 3 is 2.86 bits per heavy atom. The first-order valence-corrected chi connectivity index (χ1v) is 7.89. The van der Waals surface area contributed by atoms with Gasteiger partial charge in [-0.25, -0.2) is 0 Å². The Morgan fingerprint density at radius 2 is 2.24 bits per heavy atom. The molecule has 1 atom stereocenters. The third-order valence-electron chi connectivity index (χ3n) is 4.14. The lowest BCUT2D eigenvalue weighted by molar-refractivity contribution is -0.132. The van der Waals surface area contributed by atoms with E-state index in [0.29, 0.717) is 36.5 Å². The molecule has 21 heavy (non-hydrogen) atoms. The molecule has 1 aromatic heterocycles. The van der Waals surface area contributed by atoms with Crippen molar-refractivity contribution < 1.29 is 14.1 Å². The van der Waals surface area contributed by atoms with Crippen molar-refractivity contribution in [2.24, 2.45) is 5.92 Å². The van der Waals surface area contributed by atoms with Crippen molar-refractivity contribution in [3.8, 4) is 0 Å². The number of hydrogen-bond acceptors (Lipinski definition) is 5. The lowest BCUT2D eigenvalue weighted by Gasteiger charge is -2.25. The molecular formula is C15H23N3O3. The molecule has 0 unspecified atom stereocenters. The molecule has 2 fully saturated rings. The number of nitrogens with zero attached hydrogens (tertiary/aromatic N) is 3. The van der Waals surface area contributed by atoms with Crippen LogP contribution in [-0.4, -0.2) is 46.7 Å². The number of ether oxygens (including phenoxy) is 1. The summed E-state index contributed by atoms with van der Waals surface area (Å²) in [4.78, 5) is 18.7. The molecule has 1 aromatic rings. The van der Waals surface area contributed by atoms with Crippen LogP contribution in [0.25, 0.3) is 0 Å². The van der Waals surface area contributed by atoms with Crippen LogP contribution in [0.3, 0.4) is 0 Å². The van der Waals surface area contributed by atoms with Crippen molar-refractivity contribution in [3.63, 3.8) is 0 Å². The second kappa shape index (κ2) is 6.56. The molecule has 0 radical (unpaired) electrons. The minimum atomic E-state index is 0.264. The van der Waals surface area contributed by atoms with Crippen LogP contribution in [0.2, 0.25) is 0 Å². The number of carbonyl (C=O) groups excluding carboxylic acids is 1. The maximum atomic E-state index is 12.4. The van der Waals surface area contributed by atoms with Crippen LogP contribution in [-0.2, 0) is 16.0 Å². The molecule has 2 aliphatic rings. The molecule has 6 nitrogen and oxygen atoms in total. The fraction of sp³-hybridized carbons (Fsp3) is 0.800. The number of carbonyl (C=O) groups is 1. The van der Waals surface area contributed by atoms with Gasteiger partial charge in [0.15, 0.2) is 5.82 Å². The highest BCUT2D eigenvalue weighted by molar-refractivity contribution is 5.76. The van der Waals surface area contributed by atoms with Crippen molar-refractivity contribution in [2.45, 2.75) is 51.5 Å². The van der Waals surface area contributed by atoms with Crippen molar-refractivity contribution in [3.05, 3.63) is 11.7 Å². The Morgan fingerprint density at radius 1 is 1.38 bits per heavy atom. The molecule has 0 aromatic carbocycles. The predicted octanol–water partition coefficient (Wildman–Crippen LogP) is 1.73. The summed E-state index contributed by atoms with van der Waals surface area (Å²) >= 11 is 0. The van der Waals surface area contributed by atoms with Gasteiger partial charge in [-0.3, -0.25) is 4.79 Å². The van der Waals surface area contributed by atoms with Crippen LogP contribution >= 0.6 is 0 Å². The molecule has 0 N–H and O–H groups in total. The summed E-state index contributed by atoms with van der Waals surface area (Å²) in [6, 6.07) is 0.476. The summed E-state index contributed by atoms with van der Waals surface area (Å²) in [5, 5.41) is 3.76. The molecule has 3 rings (SSSR count). The molecule has 116 valence electrons. The number of hydrogen-bond donors (Lipinski definition) is 0. The van der Waals surface area contributed by atoms with E-state index in [2.05, 4.69) is 15.0 Å². The summed E-state index contributed by atoms with van der Waals surface area (Å²) in [6.45, 7) is 4.31. The summed E-state index contributed by atoms with van der Waals surface area (Å²) in [5.74, 6) is 2.06. The van der Waals surface area contributed by atoms with Gasteiger partial charge < -0.3 is 14.2 Å². The number of aryl methyl sites for hydroxylation is 2. The van der Waals surface area contributed by atoms with E-state index in [0.717, 1.165) is 45.4 Å². The zero-order chi connectivity index (χ0) is 14.7. The summed E-state index contributed by atoms with van der Waals surface area (Å²) in [5.41, 5.74) is 0. The first-order valence-electron chi connectivity index (χ1n) is 7.89. The average Bonchev–Trinajstić information content (AvgIpc) is 3.01. The largest absolute Gasteiger partial charge is 0.381 e. The highest BCUT2D eigenvalue weighted by atomic mass is 16.5. The van der Waals surface area contributed by atoms with Gasteiger partial charge in [0.25, 0.3) is 0 Å². The third kappa shape index (κ3) is 4.03. The average molecular weight is 293 g/mol. The van der Waals surface area contributed by atoms with E-state index in [1.807, 2.05) is 0 Å². The van der Waals surface area contributed by atoms with Crippen molar-refractivity contribution in [1.82, 2.24) is 15.0 Å². The molecule has 1 amide bonds. The zero-order valence-electron chi connectivity index (χ0n) is 12.6. The minimum absolute atomic E-state index is 0.264. The second-order valence-electron chi connectivity index (χ2n) is 6.10. The maximum absolute atomic E-state index is 12.4. The fourth-order valence-electron chi connectivity index (χ4n) is 2.82. The predicted molar refractivity (Wildman–Crippen MR) is 75.6 cm³/mol. The molecule has 1 saturated heterocycles. The van der Waals surface area contributed by atoms with Gasteiger partial charge in [-0.2, -0.15) is 4.98 Å². The molecular weight excluding hydrogens is 270 g/mol. The first kappa shape index (κ1) is 14.5. The monoisotopic (exact) mass is 293 g/mol. The normalized spacial score (nSPS) is 21.7. The van der Waals surface area contributed by atoms with Crippen LogP contribution in [0.5, 0.6) is 0 Å². The molecule has 2 heterocycles. The smallest absolute Gasteiger partial charge is 0.226 e. The fourth-order valence-corrected chi connectivity index (χ4v) is 2.82. The van der Waals surface area contributed by atoms with Gasteiger partial charge in [0.05, 0.1) is 6.61 Å². The van der Waals surface area contributed by atoms with Gasteiger partial charge in [-0.15, -0.1) is 0 Å². The van der Waals surface area contributed by atoms with E-state index >= 15 is 0 Å². The van der Waals surface area contributed by atoms with E-state index < -0.39 is 0 Å². The van der Waals surface area contributed by atoms with Crippen molar-refractivity contribution >= 4 is 5.91 Å². The second-order valence-corrected chi connectivity index (χ2v) is 6.10. The molecule has 1 saturated carbocycles. The van der Waals surface area contributed by atoms with E-state index in [4.69, 9.17) is 9.26 Å². The van der Waals surface area contributed by atoms with Gasteiger partial charge in [0.2, 0.25) is 11.8 Å². The zero-order valence-corrected chi connectivity index (χ0v) is 12.6. The van der Waals surface area contributed by atoms with Gasteiger partial charge in [-0.1, -0.05) is 5.16 Å². The van der Waals surface area contributed by atoms with E-state index in [1.165, 1.54) is 0 Å². The van der Waals surface area contributed by atoms with E-state index in [9.17, 15) is 4.79 Å². The highest BCUT2D eigenvalue weighted by Gasteiger charge is 2.34. The SMILES string of the molecule is Cc1noc(CCCC(=O)N(C[C@H]2CCOC2)C2CC2)n1. The standard InChI is InChI=1S/C15H23N3O3/c1-11-16-14(21-17-11)3-2-4-15(19)18(13-5-6-13)9-12-7-8-20-10-12/h12-13H,2-10H2,1H3/t12-/m1/s1. The first-order chi connectivity index (χ1) is 10.2. The summed E-state index contributed by atoms with van der Waals surface area (Å²) < 4.78 is 10.5. The Kier molecular flexibility index (Phi) is 4.53. The van der Waals surface area contributed by atoms with Crippen LogP contribution in [0.1, 0.15) is 43.8 Å². The molecule has 1 aliphatic heterocycles. The Bertz CT molecular complexity index is 478. The Hall–Kier alpha value is -1.43. The van der Waals surface area contributed by atoms with Gasteiger partial charge in [0, 0.05) is 38.0 Å². The summed E-state index contributed by atoms with van der Waals surface area (Å²) in [7, 11) is 0. The maximum Gasteiger partial charge on any atom is 0.226 e. The molecule has 1 aliphatic carbocycles. The van der Waals surface area contributed by atoms with Crippen LogP contribution in [0.15, 0.2) is 4.52 Å². The van der Waals surface area contributed by atoms with E-state index in [-0.39, 0.29) is 5.91 Å². The lowest BCUT2D eigenvalue weighted by atomic mass is 10.1. The van der Waals surface area contributed by atoms with Crippen LogP contribution in [0, 0.1) is 12.8 Å². The minimum Gasteiger partial charge on any atom is -0.381 e. The lowest BCUT2D eigenvalue weighted by Crippen LogP contribution is -2.37. The molecule has 0 spiro atoms. The number of aromatic nitrogens is 2. The van der Waals surface area contributed by atoms with Crippen molar-refractivity contribution in [2.75, 3.05) is 19.8 Å². The van der Waals surface area contributed by atoms with Crippen molar-refractivity contribution in [1.29, 1.82) is 0 Å². The quantitative estimate of drug-likeness (QED) is 0.766. The molecule has 0 bridgehead atoms. The molecule has 6 heteroatoms. The summed E-state index contributed by atoms with van der Waals surface area (Å²) in [6.07, 6.45) is 5.40. The van der Waals surface area contributed by atoms with Gasteiger partial charge in [-0.05, 0) is 32.6 Å². The Labute approximate surface area is 124 Å². The van der Waals surface area contributed by atoms with Gasteiger partial charge in [0.1, 0.15) is 0 Å². The Balaban J connectivity index is 1.45.